The van der Waals surface area contributed by atoms with E-state index in [0.717, 1.165) is 45.1 Å². The molecule has 0 bridgehead atoms. The van der Waals surface area contributed by atoms with Gasteiger partial charge >= 0.3 is 0 Å². The second-order valence-electron chi connectivity index (χ2n) is 17.2. The summed E-state index contributed by atoms with van der Waals surface area (Å²) in [6.07, 6.45) is 9.95. The van der Waals surface area contributed by atoms with Crippen LogP contribution in [0.1, 0.15) is 12.5 Å². The fraction of sp³-hybridized carbons (Fsp3) is 0.0333. The van der Waals surface area contributed by atoms with E-state index in [4.69, 9.17) is 4.42 Å². The van der Waals surface area contributed by atoms with E-state index in [1.807, 2.05) is 6.07 Å². The first-order valence-corrected chi connectivity index (χ1v) is 22.2. The first kappa shape index (κ1) is 35.3. The minimum atomic E-state index is 0.213. The molecule has 1 unspecified atom stereocenters. The lowest BCUT2D eigenvalue weighted by molar-refractivity contribution is 0.648. The van der Waals surface area contributed by atoms with Crippen molar-refractivity contribution in [1.29, 1.82) is 0 Å². The molecule has 13 aromatic rings. The van der Waals surface area contributed by atoms with Crippen molar-refractivity contribution in [2.75, 3.05) is 0 Å². The maximum absolute atomic E-state index is 6.57. The van der Waals surface area contributed by atoms with E-state index >= 15 is 0 Å². The Morgan fingerprint density at radius 1 is 0.375 bits per heavy atom. The molecule has 0 saturated carbocycles. The maximum atomic E-state index is 6.57. The van der Waals surface area contributed by atoms with Crippen molar-refractivity contribution in [3.05, 3.63) is 218 Å². The van der Waals surface area contributed by atoms with Gasteiger partial charge in [0, 0.05) is 54.3 Å². The summed E-state index contributed by atoms with van der Waals surface area (Å²) in [6.45, 7) is 0. The molecule has 0 amide bonds. The Morgan fingerprint density at radius 2 is 0.938 bits per heavy atom. The highest BCUT2D eigenvalue weighted by molar-refractivity contribution is 6.15. The summed E-state index contributed by atoms with van der Waals surface area (Å²) < 4.78 is 13.9. The Hall–Kier alpha value is -8.34. The van der Waals surface area contributed by atoms with Crippen LogP contribution in [-0.2, 0) is 0 Å². The van der Waals surface area contributed by atoms with Crippen LogP contribution < -0.4 is 0 Å². The van der Waals surface area contributed by atoms with Crippen molar-refractivity contribution in [3.63, 3.8) is 0 Å². The zero-order valence-corrected chi connectivity index (χ0v) is 34.8. The molecular weight excluding hydrogens is 779 g/mol. The van der Waals surface area contributed by atoms with Gasteiger partial charge in [-0.1, -0.05) is 146 Å². The summed E-state index contributed by atoms with van der Waals surface area (Å²) in [5.74, 6) is 0. The molecule has 1 aliphatic rings. The fourth-order valence-corrected chi connectivity index (χ4v) is 10.9. The Bertz CT molecular complexity index is 4110. The molecule has 14 rings (SSSR count). The smallest absolute Gasteiger partial charge is 0.159 e. The summed E-state index contributed by atoms with van der Waals surface area (Å²) in [6, 6.07) is 71.3. The highest BCUT2D eigenvalue weighted by atomic mass is 16.3. The zero-order chi connectivity index (χ0) is 41.9. The summed E-state index contributed by atoms with van der Waals surface area (Å²) in [7, 11) is 0. The molecule has 4 heterocycles. The second-order valence-corrected chi connectivity index (χ2v) is 17.2. The largest absolute Gasteiger partial charge is 0.454 e. The van der Waals surface area contributed by atoms with E-state index in [1.54, 1.807) is 0 Å². The van der Waals surface area contributed by atoms with Crippen LogP contribution in [0, 0.1) is 0 Å². The molecule has 0 spiro atoms. The molecule has 0 radical (unpaired) electrons. The normalized spacial score (nSPS) is 14.2. The highest BCUT2D eigenvalue weighted by Crippen LogP contribution is 2.43. The van der Waals surface area contributed by atoms with Crippen molar-refractivity contribution in [2.24, 2.45) is 0 Å². The molecule has 9 aromatic carbocycles. The number of nitrogens with zero attached hydrogens (tertiary/aromatic N) is 3. The third-order valence-electron chi connectivity index (χ3n) is 13.7. The number of hydrogen-bond acceptors (Lipinski definition) is 1. The van der Waals surface area contributed by atoms with Gasteiger partial charge in [0.25, 0.3) is 0 Å². The molecule has 0 N–H and O–H groups in total. The quantitative estimate of drug-likeness (QED) is 0.170. The van der Waals surface area contributed by atoms with Gasteiger partial charge in [0.05, 0.1) is 39.3 Å². The van der Waals surface area contributed by atoms with Crippen LogP contribution in [0.25, 0.3) is 121 Å². The Balaban J connectivity index is 0.933. The third kappa shape index (κ3) is 5.11. The minimum Gasteiger partial charge on any atom is -0.454 e. The van der Waals surface area contributed by atoms with Gasteiger partial charge in [-0.05, 0) is 101 Å². The summed E-state index contributed by atoms with van der Waals surface area (Å²) in [5.41, 5.74) is 16.1. The van der Waals surface area contributed by atoms with E-state index in [1.165, 1.54) is 82.3 Å². The lowest BCUT2D eigenvalue weighted by atomic mass is 9.99. The Morgan fingerprint density at radius 3 is 1.70 bits per heavy atom. The topological polar surface area (TPSA) is 27.9 Å². The van der Waals surface area contributed by atoms with Crippen LogP contribution in [0.2, 0.25) is 0 Å². The van der Waals surface area contributed by atoms with Crippen LogP contribution in [0.4, 0.5) is 0 Å². The zero-order valence-electron chi connectivity index (χ0n) is 34.8. The molecule has 1 aliphatic carbocycles. The molecule has 0 aliphatic heterocycles. The van der Waals surface area contributed by atoms with Crippen molar-refractivity contribution in [1.82, 2.24) is 13.7 Å². The molecule has 4 heteroatoms. The molecule has 0 saturated heterocycles. The number of furan rings is 1. The van der Waals surface area contributed by atoms with Gasteiger partial charge in [-0.15, -0.1) is 0 Å². The molecule has 4 aromatic heterocycles. The van der Waals surface area contributed by atoms with Crippen LogP contribution in [0.3, 0.4) is 0 Å². The lowest BCUT2D eigenvalue weighted by Crippen LogP contribution is -2.06. The Labute approximate surface area is 368 Å². The van der Waals surface area contributed by atoms with Crippen molar-refractivity contribution >= 4 is 87.4 Å². The number of aromatic nitrogens is 3. The third-order valence-corrected chi connectivity index (χ3v) is 13.7. The van der Waals surface area contributed by atoms with Gasteiger partial charge < -0.3 is 18.1 Å². The summed E-state index contributed by atoms with van der Waals surface area (Å²) in [5, 5.41) is 9.76. The lowest BCUT2D eigenvalue weighted by Gasteiger charge is -2.19. The predicted molar refractivity (Wildman–Crippen MR) is 268 cm³/mol. The van der Waals surface area contributed by atoms with Gasteiger partial charge in [-0.3, -0.25) is 0 Å². The van der Waals surface area contributed by atoms with E-state index in [2.05, 4.69) is 226 Å². The van der Waals surface area contributed by atoms with E-state index in [9.17, 15) is 0 Å². The first-order valence-electron chi connectivity index (χ1n) is 22.2. The standard InChI is InChI=1S/C60H39N3O/c1-3-14-42(15-4-1)61-52-22-10-7-18-44(52)46-30-26-40(36-57(46)61)38-28-32-54-51(35-38)47-31-27-41(37-58(47)62(54)43-16-5-2-6-17-43)39-29-33-55-50(34-39)45-19-8-11-23-53(45)63(55)56-24-13-21-49-48-20-9-12-25-59(48)64-60(49)56/h1-16,18-37,43H,17H2. The average Bonchev–Trinajstić information content (AvgIpc) is 4.10. The highest BCUT2D eigenvalue weighted by Gasteiger charge is 2.21. The number of allylic oxidation sites excluding steroid dienone is 4. The van der Waals surface area contributed by atoms with Crippen LogP contribution >= 0.6 is 0 Å². The second kappa shape index (κ2) is 13.6. The van der Waals surface area contributed by atoms with E-state index in [-0.39, 0.29) is 6.04 Å². The van der Waals surface area contributed by atoms with Gasteiger partial charge in [-0.2, -0.15) is 0 Å². The van der Waals surface area contributed by atoms with Crippen molar-refractivity contribution in [3.8, 4) is 33.6 Å². The Kier molecular flexibility index (Phi) is 7.48. The number of hydrogen-bond donors (Lipinski definition) is 0. The molecule has 64 heavy (non-hydrogen) atoms. The number of fused-ring (bicyclic) bond motifs is 12. The van der Waals surface area contributed by atoms with E-state index in [0.29, 0.717) is 0 Å². The predicted octanol–water partition coefficient (Wildman–Crippen LogP) is 16.3. The van der Waals surface area contributed by atoms with Gasteiger partial charge in [0.15, 0.2) is 5.58 Å². The maximum Gasteiger partial charge on any atom is 0.159 e. The summed E-state index contributed by atoms with van der Waals surface area (Å²) >= 11 is 0. The molecule has 1 atom stereocenters. The van der Waals surface area contributed by atoms with Gasteiger partial charge in [0.1, 0.15) is 5.58 Å². The monoisotopic (exact) mass is 817 g/mol. The van der Waals surface area contributed by atoms with E-state index < -0.39 is 0 Å². The fourth-order valence-electron chi connectivity index (χ4n) is 10.9. The number of para-hydroxylation sites is 5. The number of rotatable bonds is 5. The number of benzene rings is 9. The van der Waals surface area contributed by atoms with Crippen LogP contribution in [0.15, 0.2) is 223 Å². The van der Waals surface area contributed by atoms with Crippen molar-refractivity contribution in [2.45, 2.75) is 12.5 Å². The van der Waals surface area contributed by atoms with Crippen LogP contribution in [-0.4, -0.2) is 13.7 Å². The minimum absolute atomic E-state index is 0.213. The van der Waals surface area contributed by atoms with Gasteiger partial charge in [0.2, 0.25) is 0 Å². The van der Waals surface area contributed by atoms with Gasteiger partial charge in [-0.25, -0.2) is 0 Å². The van der Waals surface area contributed by atoms with Crippen molar-refractivity contribution < 1.29 is 4.42 Å². The first-order chi connectivity index (χ1) is 31.7. The average molecular weight is 818 g/mol. The van der Waals surface area contributed by atoms with Crippen LogP contribution in [0.5, 0.6) is 0 Å². The molecule has 300 valence electrons. The molecule has 4 nitrogen and oxygen atoms in total. The SMILES string of the molecule is C1=CCC(n2c3ccc(-c4ccc5c6ccccc6n(-c6ccccc6)c5c4)cc3c3ccc(-c4ccc5c(c4)c4ccccc4n5-c4cccc5c4oc4ccccc45)cc32)C=C1. The molecule has 0 fully saturated rings. The summed E-state index contributed by atoms with van der Waals surface area (Å²) in [4.78, 5) is 0. The molecular formula is C60H39N3O.